The van der Waals surface area contributed by atoms with E-state index in [9.17, 15) is 20.0 Å². The van der Waals surface area contributed by atoms with E-state index < -0.39 is 10.9 Å². The number of fused-ring (bicyclic) bond motifs is 1. The molecule has 0 radical (unpaired) electrons. The van der Waals surface area contributed by atoms with E-state index in [1.54, 1.807) is 6.07 Å². The Kier molecular flexibility index (Phi) is 6.64. The second-order valence-corrected chi connectivity index (χ2v) is 5.47. The van der Waals surface area contributed by atoms with E-state index in [1.165, 1.54) is 40.7 Å². The lowest BCUT2D eigenvalue weighted by Gasteiger charge is -1.94. The van der Waals surface area contributed by atoms with Crippen LogP contribution in [-0.4, -0.2) is 22.4 Å². The van der Waals surface area contributed by atoms with Crippen molar-refractivity contribution in [3.05, 3.63) is 82.0 Å². The van der Waals surface area contributed by atoms with E-state index in [-0.39, 0.29) is 5.69 Å². The van der Waals surface area contributed by atoms with Crippen molar-refractivity contribution in [2.45, 2.75) is 6.42 Å². The fraction of sp³-hybridized carbons (Fsp3) is 0.105. The van der Waals surface area contributed by atoms with Crippen LogP contribution in [0.1, 0.15) is 11.1 Å². The number of nitrogens with one attached hydrogen (secondary N) is 1. The van der Waals surface area contributed by atoms with Crippen LogP contribution < -0.4 is 10.8 Å². The highest BCUT2D eigenvalue weighted by molar-refractivity contribution is 5.84. The SMILES string of the molecule is O=C([O-])/C=C/c1cccc([N+](=O)[O-])c1.[NH3+]CCc1c[nH]c2ccccc12. The second kappa shape index (κ2) is 9.14. The molecule has 0 fully saturated rings. The molecule has 4 N–H and O–H groups in total. The molecule has 0 saturated carbocycles. The van der Waals surface area contributed by atoms with Crippen LogP contribution in [0.2, 0.25) is 0 Å². The third-order valence-corrected chi connectivity index (χ3v) is 3.61. The summed E-state index contributed by atoms with van der Waals surface area (Å²) < 4.78 is 0. The van der Waals surface area contributed by atoms with Gasteiger partial charge in [0.25, 0.3) is 5.69 Å². The molecule has 2 aromatic carbocycles. The first-order valence-electron chi connectivity index (χ1n) is 7.99. The van der Waals surface area contributed by atoms with Crippen molar-refractivity contribution in [3.63, 3.8) is 0 Å². The van der Waals surface area contributed by atoms with Gasteiger partial charge in [0.05, 0.1) is 17.4 Å². The molecular formula is C19H19N3O4. The Morgan fingerprint density at radius 1 is 1.19 bits per heavy atom. The molecule has 1 heterocycles. The van der Waals surface area contributed by atoms with Crippen LogP contribution in [0.5, 0.6) is 0 Å². The van der Waals surface area contributed by atoms with Gasteiger partial charge in [-0.15, -0.1) is 0 Å². The van der Waals surface area contributed by atoms with Crippen LogP contribution in [0.4, 0.5) is 5.69 Å². The summed E-state index contributed by atoms with van der Waals surface area (Å²) in [7, 11) is 0. The van der Waals surface area contributed by atoms with Crippen LogP contribution in [-0.2, 0) is 11.2 Å². The Labute approximate surface area is 149 Å². The van der Waals surface area contributed by atoms with E-state index in [4.69, 9.17) is 0 Å². The monoisotopic (exact) mass is 353 g/mol. The molecule has 7 heteroatoms. The minimum Gasteiger partial charge on any atom is -0.545 e. The summed E-state index contributed by atoms with van der Waals surface area (Å²) in [6, 6.07) is 14.0. The van der Waals surface area contributed by atoms with Gasteiger partial charge in [-0.25, -0.2) is 0 Å². The molecule has 1 aromatic heterocycles. The summed E-state index contributed by atoms with van der Waals surface area (Å²) in [5.74, 6) is -1.34. The summed E-state index contributed by atoms with van der Waals surface area (Å²) in [5, 5.41) is 21.7. The molecule has 3 rings (SSSR count). The first-order valence-corrected chi connectivity index (χ1v) is 7.99. The van der Waals surface area contributed by atoms with Gasteiger partial charge in [-0.2, -0.15) is 0 Å². The topological polar surface area (TPSA) is 127 Å². The zero-order valence-electron chi connectivity index (χ0n) is 14.1. The largest absolute Gasteiger partial charge is 0.545 e. The van der Waals surface area contributed by atoms with E-state index >= 15 is 0 Å². The number of aromatic nitrogens is 1. The van der Waals surface area contributed by atoms with Crippen molar-refractivity contribution in [1.29, 1.82) is 0 Å². The molecule has 0 saturated heterocycles. The molecule has 0 aliphatic heterocycles. The Morgan fingerprint density at radius 3 is 2.65 bits per heavy atom. The van der Waals surface area contributed by atoms with Crippen molar-refractivity contribution in [3.8, 4) is 0 Å². The highest BCUT2D eigenvalue weighted by Gasteiger charge is 2.03. The molecule has 26 heavy (non-hydrogen) atoms. The number of rotatable bonds is 5. The number of nitro groups is 1. The number of quaternary nitrogens is 1. The number of H-pyrrole nitrogens is 1. The zero-order valence-corrected chi connectivity index (χ0v) is 14.1. The Morgan fingerprint density at radius 2 is 1.96 bits per heavy atom. The quantitative estimate of drug-likeness (QED) is 0.407. The maximum absolute atomic E-state index is 10.3. The van der Waals surface area contributed by atoms with Gasteiger partial charge in [0.15, 0.2) is 0 Å². The lowest BCUT2D eigenvalue weighted by Crippen LogP contribution is -2.51. The molecule has 134 valence electrons. The number of carbonyl (C=O) groups is 1. The first-order chi connectivity index (χ1) is 12.5. The maximum Gasteiger partial charge on any atom is 0.270 e. The lowest BCUT2D eigenvalue weighted by atomic mass is 10.1. The van der Waals surface area contributed by atoms with Crippen molar-refractivity contribution in [1.82, 2.24) is 4.98 Å². The Balaban J connectivity index is 0.000000189. The summed E-state index contributed by atoms with van der Waals surface area (Å²) >= 11 is 0. The summed E-state index contributed by atoms with van der Waals surface area (Å²) in [5.41, 5.74) is 6.82. The van der Waals surface area contributed by atoms with Gasteiger partial charge in [-0.05, 0) is 23.3 Å². The molecular weight excluding hydrogens is 334 g/mol. The Hall–Kier alpha value is -3.45. The van der Waals surface area contributed by atoms with Crippen molar-refractivity contribution < 1.29 is 20.6 Å². The normalized spacial score (nSPS) is 10.5. The maximum atomic E-state index is 10.3. The number of carboxylic acids is 1. The number of hydrogen-bond acceptors (Lipinski definition) is 4. The van der Waals surface area contributed by atoms with Crippen LogP contribution in [0.25, 0.3) is 17.0 Å². The lowest BCUT2D eigenvalue weighted by molar-refractivity contribution is -0.384. The molecule has 0 unspecified atom stereocenters. The average molecular weight is 353 g/mol. The smallest absolute Gasteiger partial charge is 0.270 e. The predicted octanol–water partition coefficient (Wildman–Crippen LogP) is 1.31. The molecule has 0 spiro atoms. The number of nitrogens with zero attached hydrogens (tertiary/aromatic N) is 1. The van der Waals surface area contributed by atoms with Gasteiger partial charge >= 0.3 is 0 Å². The fourth-order valence-electron chi connectivity index (χ4n) is 2.44. The molecule has 7 nitrogen and oxygen atoms in total. The van der Waals surface area contributed by atoms with Gasteiger partial charge < -0.3 is 20.6 Å². The fourth-order valence-corrected chi connectivity index (χ4v) is 2.44. The van der Waals surface area contributed by atoms with Crippen LogP contribution in [0.15, 0.2) is 60.8 Å². The standard InChI is InChI=1S/C10H12N2.C9H7NO4/c11-6-5-8-7-12-10-4-2-1-3-9(8)10;11-9(12)5-4-7-2-1-3-8(6-7)10(13)14/h1-4,7,12H,5-6,11H2;1-6H,(H,11,12)/b;5-4+. The average Bonchev–Trinajstić information content (AvgIpc) is 3.04. The number of non-ortho nitro benzene ring substituents is 1. The summed E-state index contributed by atoms with van der Waals surface area (Å²) in [6.45, 7) is 0.960. The van der Waals surface area contributed by atoms with E-state index in [0.717, 1.165) is 19.0 Å². The number of aromatic amines is 1. The number of para-hydroxylation sites is 1. The highest BCUT2D eigenvalue weighted by Crippen LogP contribution is 2.17. The van der Waals surface area contributed by atoms with E-state index in [1.807, 2.05) is 6.07 Å². The van der Waals surface area contributed by atoms with Gasteiger partial charge in [0.2, 0.25) is 0 Å². The molecule has 0 aliphatic rings. The van der Waals surface area contributed by atoms with Crippen LogP contribution in [0, 0.1) is 10.1 Å². The number of nitro benzene ring substituents is 1. The van der Waals surface area contributed by atoms with Gasteiger partial charge in [0.1, 0.15) is 0 Å². The van der Waals surface area contributed by atoms with Gasteiger partial charge in [-0.3, -0.25) is 10.1 Å². The number of hydrogen-bond donors (Lipinski definition) is 2. The molecule has 0 atom stereocenters. The van der Waals surface area contributed by atoms with E-state index in [0.29, 0.717) is 5.56 Å². The molecule has 0 aliphatic carbocycles. The summed E-state index contributed by atoms with van der Waals surface area (Å²) in [6.07, 6.45) is 5.20. The molecule has 0 bridgehead atoms. The third kappa shape index (κ3) is 5.29. The highest BCUT2D eigenvalue weighted by atomic mass is 16.6. The predicted molar refractivity (Wildman–Crippen MR) is 96.9 cm³/mol. The van der Waals surface area contributed by atoms with Crippen molar-refractivity contribution in [2.24, 2.45) is 0 Å². The van der Waals surface area contributed by atoms with E-state index in [2.05, 4.69) is 35.1 Å². The van der Waals surface area contributed by atoms with Crippen molar-refractivity contribution in [2.75, 3.05) is 6.54 Å². The molecule has 3 aromatic rings. The van der Waals surface area contributed by atoms with Crippen LogP contribution >= 0.6 is 0 Å². The van der Waals surface area contributed by atoms with Gasteiger partial charge in [0, 0.05) is 35.7 Å². The number of benzene rings is 2. The first kappa shape index (κ1) is 18.9. The Bertz CT molecular complexity index is 931. The summed E-state index contributed by atoms with van der Waals surface area (Å²) in [4.78, 5) is 23.1. The van der Waals surface area contributed by atoms with Crippen molar-refractivity contribution >= 4 is 28.6 Å². The number of carboxylic acid groups (broad SMARTS) is 1. The third-order valence-electron chi connectivity index (χ3n) is 3.61. The number of carbonyl (C=O) groups excluding carboxylic acids is 1. The minimum absolute atomic E-state index is 0.0782. The minimum atomic E-state index is -1.34. The van der Waals surface area contributed by atoms with Crippen LogP contribution in [0.3, 0.4) is 0 Å². The number of aliphatic carboxylic acids is 1. The zero-order chi connectivity index (χ0) is 18.9. The second-order valence-electron chi connectivity index (χ2n) is 5.47. The molecule has 0 amide bonds. The van der Waals surface area contributed by atoms with Gasteiger partial charge in [-0.1, -0.05) is 36.4 Å².